The number of carbonyl (C=O) groups excluding carboxylic acids is 1. The fraction of sp³-hybridized carbons (Fsp3) is 0.600. The number of piperidine rings is 1. The Bertz CT molecular complexity index is 1040. The summed E-state index contributed by atoms with van der Waals surface area (Å²) in [6.07, 6.45) is 0.781. The number of alkyl halides is 3. The molecule has 4 rings (SSSR count). The fourth-order valence-corrected chi connectivity index (χ4v) is 5.36. The SMILES string of the molecule is C.CC(C)(C)c1ccc(N2CCN(CCC(=O)N3CCC[C@H](Cc4cncc(C(F)(F)F)c4)C3)CC2)cc1. The molecule has 1 aromatic carbocycles. The van der Waals surface area contributed by atoms with Crippen LogP contribution in [-0.4, -0.2) is 66.5 Å². The van der Waals surface area contributed by atoms with E-state index in [0.29, 0.717) is 24.9 Å². The first-order chi connectivity index (χ1) is 17.5. The topological polar surface area (TPSA) is 39.7 Å². The number of rotatable bonds is 6. The van der Waals surface area contributed by atoms with Crippen LogP contribution in [0.2, 0.25) is 0 Å². The highest BCUT2D eigenvalue weighted by molar-refractivity contribution is 5.76. The Balaban J connectivity index is 0.00000400. The summed E-state index contributed by atoms with van der Waals surface area (Å²) in [5, 5.41) is 0. The zero-order valence-electron chi connectivity index (χ0n) is 22.2. The number of hydrogen-bond acceptors (Lipinski definition) is 4. The van der Waals surface area contributed by atoms with Gasteiger partial charge in [-0.3, -0.25) is 14.7 Å². The average Bonchev–Trinajstić information content (AvgIpc) is 2.87. The lowest BCUT2D eigenvalue weighted by Crippen LogP contribution is -2.48. The summed E-state index contributed by atoms with van der Waals surface area (Å²) in [7, 11) is 0. The number of hydrogen-bond donors (Lipinski definition) is 0. The van der Waals surface area contributed by atoms with Crippen LogP contribution in [0.4, 0.5) is 18.9 Å². The van der Waals surface area contributed by atoms with E-state index in [2.05, 4.69) is 59.8 Å². The number of benzene rings is 1. The molecule has 2 aliphatic heterocycles. The maximum atomic E-state index is 13.0. The lowest BCUT2D eigenvalue weighted by Gasteiger charge is -2.37. The molecule has 2 aromatic rings. The minimum absolute atomic E-state index is 0. The van der Waals surface area contributed by atoms with E-state index in [-0.39, 0.29) is 24.7 Å². The maximum absolute atomic E-state index is 13.0. The third-order valence-corrected chi connectivity index (χ3v) is 7.63. The lowest BCUT2D eigenvalue weighted by atomic mass is 9.87. The first-order valence-corrected chi connectivity index (χ1v) is 13.4. The number of pyridine rings is 1. The largest absolute Gasteiger partial charge is 0.417 e. The Morgan fingerprint density at radius 2 is 1.66 bits per heavy atom. The van der Waals surface area contributed by atoms with Gasteiger partial charge in [0.1, 0.15) is 0 Å². The van der Waals surface area contributed by atoms with Crippen molar-refractivity contribution in [3.05, 3.63) is 59.4 Å². The maximum Gasteiger partial charge on any atom is 0.417 e. The molecule has 5 nitrogen and oxygen atoms in total. The Kier molecular flexibility index (Phi) is 9.85. The highest BCUT2D eigenvalue weighted by Gasteiger charge is 2.31. The third-order valence-electron chi connectivity index (χ3n) is 7.63. The molecule has 1 amide bonds. The van der Waals surface area contributed by atoms with E-state index >= 15 is 0 Å². The standard InChI is InChI=1S/C29H39F3N4O.CH4/c1-28(2,3)24-6-8-26(9-7-24)35-15-13-34(14-16-35)12-10-27(37)36-11-4-5-22(21-36)17-23-18-25(20-33-19-23)29(30,31)32;/h6-9,18-20,22H,4-5,10-17,21H2,1-3H3;1H4/t22-;/m1./s1. The minimum Gasteiger partial charge on any atom is -0.369 e. The van der Waals surface area contributed by atoms with E-state index in [0.717, 1.165) is 58.3 Å². The van der Waals surface area contributed by atoms with Crippen LogP contribution in [0.1, 0.15) is 64.2 Å². The molecule has 0 N–H and O–H groups in total. The molecule has 1 atom stereocenters. The third kappa shape index (κ3) is 7.95. The normalized spacial score (nSPS) is 19.3. The molecule has 1 aromatic heterocycles. The number of halogens is 3. The number of piperazine rings is 1. The summed E-state index contributed by atoms with van der Waals surface area (Å²) in [5.74, 6) is 0.309. The molecule has 0 bridgehead atoms. The second-order valence-electron chi connectivity index (χ2n) is 11.5. The molecule has 2 aliphatic rings. The predicted molar refractivity (Wildman–Crippen MR) is 147 cm³/mol. The van der Waals surface area contributed by atoms with E-state index < -0.39 is 11.7 Å². The van der Waals surface area contributed by atoms with Gasteiger partial charge < -0.3 is 9.80 Å². The van der Waals surface area contributed by atoms with E-state index in [4.69, 9.17) is 0 Å². The molecule has 2 fully saturated rings. The first kappa shape index (κ1) is 29.9. The average molecular weight is 533 g/mol. The van der Waals surface area contributed by atoms with Gasteiger partial charge in [-0.05, 0) is 59.9 Å². The Hall–Kier alpha value is -2.61. The van der Waals surface area contributed by atoms with Gasteiger partial charge in [-0.25, -0.2) is 0 Å². The van der Waals surface area contributed by atoms with Crippen LogP contribution in [-0.2, 0) is 22.8 Å². The summed E-state index contributed by atoms with van der Waals surface area (Å²) in [6.45, 7) is 12.5. The molecule has 38 heavy (non-hydrogen) atoms. The summed E-state index contributed by atoms with van der Waals surface area (Å²) < 4.78 is 39.0. The van der Waals surface area contributed by atoms with Gasteiger partial charge in [0.15, 0.2) is 0 Å². The number of likely N-dealkylation sites (tertiary alicyclic amines) is 1. The van der Waals surface area contributed by atoms with Crippen LogP contribution in [0.15, 0.2) is 42.7 Å². The second-order valence-corrected chi connectivity index (χ2v) is 11.5. The van der Waals surface area contributed by atoms with Crippen molar-refractivity contribution in [1.82, 2.24) is 14.8 Å². The van der Waals surface area contributed by atoms with Crippen molar-refractivity contribution < 1.29 is 18.0 Å². The van der Waals surface area contributed by atoms with E-state index in [9.17, 15) is 18.0 Å². The molecule has 8 heteroatoms. The van der Waals surface area contributed by atoms with Crippen molar-refractivity contribution >= 4 is 11.6 Å². The summed E-state index contributed by atoms with van der Waals surface area (Å²) in [5.41, 5.74) is 2.60. The van der Waals surface area contributed by atoms with Crippen molar-refractivity contribution in [1.29, 1.82) is 0 Å². The zero-order valence-corrected chi connectivity index (χ0v) is 22.2. The Morgan fingerprint density at radius 1 is 0.974 bits per heavy atom. The zero-order chi connectivity index (χ0) is 26.6. The molecule has 210 valence electrons. The van der Waals surface area contributed by atoms with Crippen LogP contribution in [0.3, 0.4) is 0 Å². The van der Waals surface area contributed by atoms with Gasteiger partial charge in [-0.1, -0.05) is 40.3 Å². The van der Waals surface area contributed by atoms with Crippen molar-refractivity contribution in [2.45, 2.75) is 65.5 Å². The van der Waals surface area contributed by atoms with Gasteiger partial charge in [-0.15, -0.1) is 0 Å². The summed E-state index contributed by atoms with van der Waals surface area (Å²) in [4.78, 5) is 23.4. The van der Waals surface area contributed by atoms with Crippen molar-refractivity contribution in [3.8, 4) is 0 Å². The summed E-state index contributed by atoms with van der Waals surface area (Å²) in [6, 6.07) is 10.0. The molecule has 0 saturated carbocycles. The smallest absolute Gasteiger partial charge is 0.369 e. The molecule has 0 radical (unpaired) electrons. The molecular formula is C30H43F3N4O. The number of carbonyl (C=O) groups is 1. The number of nitrogens with zero attached hydrogens (tertiary/aromatic N) is 4. The number of anilines is 1. The van der Waals surface area contributed by atoms with Crippen LogP contribution < -0.4 is 4.90 Å². The van der Waals surface area contributed by atoms with E-state index in [1.54, 1.807) is 0 Å². The van der Waals surface area contributed by atoms with Crippen LogP contribution in [0.25, 0.3) is 0 Å². The molecular weight excluding hydrogens is 489 g/mol. The van der Waals surface area contributed by atoms with E-state index in [1.165, 1.54) is 23.5 Å². The second kappa shape index (κ2) is 12.5. The first-order valence-electron chi connectivity index (χ1n) is 13.4. The minimum atomic E-state index is -4.39. The highest BCUT2D eigenvalue weighted by Crippen LogP contribution is 2.30. The van der Waals surface area contributed by atoms with Gasteiger partial charge >= 0.3 is 6.18 Å². The Labute approximate surface area is 226 Å². The van der Waals surface area contributed by atoms with Gasteiger partial charge in [0, 0.05) is 70.3 Å². The molecule has 0 spiro atoms. The number of amides is 1. The van der Waals surface area contributed by atoms with Gasteiger partial charge in [0.2, 0.25) is 5.91 Å². The number of aromatic nitrogens is 1. The monoisotopic (exact) mass is 532 g/mol. The van der Waals surface area contributed by atoms with E-state index in [1.807, 2.05) is 4.90 Å². The van der Waals surface area contributed by atoms with Crippen molar-refractivity contribution in [2.24, 2.45) is 5.92 Å². The van der Waals surface area contributed by atoms with Crippen molar-refractivity contribution in [3.63, 3.8) is 0 Å². The van der Waals surface area contributed by atoms with Gasteiger partial charge in [0.05, 0.1) is 5.56 Å². The molecule has 0 unspecified atom stereocenters. The summed E-state index contributed by atoms with van der Waals surface area (Å²) >= 11 is 0. The van der Waals surface area contributed by atoms with Gasteiger partial charge in [0.25, 0.3) is 0 Å². The molecule has 2 saturated heterocycles. The predicted octanol–water partition coefficient (Wildman–Crippen LogP) is 6.03. The van der Waals surface area contributed by atoms with Crippen LogP contribution in [0, 0.1) is 5.92 Å². The molecule has 0 aliphatic carbocycles. The van der Waals surface area contributed by atoms with Gasteiger partial charge in [-0.2, -0.15) is 13.2 Å². The van der Waals surface area contributed by atoms with Crippen LogP contribution in [0.5, 0.6) is 0 Å². The fourth-order valence-electron chi connectivity index (χ4n) is 5.36. The quantitative estimate of drug-likeness (QED) is 0.456. The van der Waals surface area contributed by atoms with Crippen LogP contribution >= 0.6 is 0 Å². The van der Waals surface area contributed by atoms with Crippen molar-refractivity contribution in [2.75, 3.05) is 50.7 Å². The Morgan fingerprint density at radius 3 is 2.29 bits per heavy atom. The highest BCUT2D eigenvalue weighted by atomic mass is 19.4. The molecule has 3 heterocycles. The lowest BCUT2D eigenvalue weighted by molar-refractivity contribution is -0.138.